The lowest BCUT2D eigenvalue weighted by Crippen LogP contribution is -2.68. The molecule has 0 spiro atoms. The minimum Gasteiger partial charge on any atom is -0.389 e. The second-order valence-corrected chi connectivity index (χ2v) is 11.6. The van der Waals surface area contributed by atoms with Gasteiger partial charge in [0.05, 0.1) is 5.60 Å². The van der Waals surface area contributed by atoms with Gasteiger partial charge in [-0.1, -0.05) is 6.92 Å². The van der Waals surface area contributed by atoms with Crippen molar-refractivity contribution in [2.75, 3.05) is 0 Å². The van der Waals surface area contributed by atoms with Crippen molar-refractivity contribution in [3.05, 3.63) is 0 Å². The van der Waals surface area contributed by atoms with Crippen molar-refractivity contribution >= 4 is 0 Å². The smallest absolute Gasteiger partial charge is 0.0757 e. The Labute approximate surface area is 148 Å². The van der Waals surface area contributed by atoms with Crippen LogP contribution in [-0.4, -0.2) is 10.7 Å². The van der Waals surface area contributed by atoms with Gasteiger partial charge in [-0.3, -0.25) is 0 Å². The molecule has 134 valence electrons. The molecule has 0 heterocycles. The highest BCUT2D eigenvalue weighted by Crippen LogP contribution is 2.73. The first-order valence-electron chi connectivity index (χ1n) is 11.3. The quantitative estimate of drug-likeness (QED) is 0.719. The first-order valence-corrected chi connectivity index (χ1v) is 11.3. The van der Waals surface area contributed by atoms with E-state index < -0.39 is 0 Å². The van der Waals surface area contributed by atoms with Gasteiger partial charge in [0.15, 0.2) is 0 Å². The first kappa shape index (κ1) is 15.1. The minimum atomic E-state index is -0.341. The van der Waals surface area contributed by atoms with Gasteiger partial charge in [0.25, 0.3) is 0 Å². The topological polar surface area (TPSA) is 20.2 Å². The average molecular weight is 329 g/mol. The Morgan fingerprint density at radius 2 is 0.875 bits per heavy atom. The van der Waals surface area contributed by atoms with E-state index in [1.807, 2.05) is 0 Å². The molecule has 0 aromatic rings. The Hall–Kier alpha value is -0.0400. The van der Waals surface area contributed by atoms with Crippen molar-refractivity contribution in [1.29, 1.82) is 0 Å². The Morgan fingerprint density at radius 1 is 0.625 bits per heavy atom. The lowest BCUT2D eigenvalue weighted by atomic mass is 9.36. The van der Waals surface area contributed by atoms with Gasteiger partial charge in [-0.2, -0.15) is 0 Å². The summed E-state index contributed by atoms with van der Waals surface area (Å²) in [6.45, 7) is 2.34. The summed E-state index contributed by atoms with van der Waals surface area (Å²) in [4.78, 5) is 0. The molecular formula is C23H36O. The molecule has 0 amide bonds. The minimum absolute atomic E-state index is 0.308. The predicted octanol–water partition coefficient (Wildman–Crippen LogP) is 5.56. The van der Waals surface area contributed by atoms with Crippen LogP contribution >= 0.6 is 0 Å². The van der Waals surface area contributed by atoms with Crippen LogP contribution in [0.5, 0.6) is 0 Å². The summed E-state index contributed by atoms with van der Waals surface area (Å²) in [5, 5.41) is 12.6. The average Bonchev–Trinajstić information content (AvgIpc) is 2.51. The Balaban J connectivity index is 1.43. The standard InChI is InChI=1S/C23H36O/c1-2-23(24,21-9-15-3-16(10-21)5-17(4-15)11-21)22-12-18-6-19(13-22)8-20(7-18)14-22/h15-20,24H,2-14H2,1H3. The van der Waals surface area contributed by atoms with Crippen molar-refractivity contribution < 1.29 is 5.11 Å². The zero-order valence-electron chi connectivity index (χ0n) is 15.6. The fourth-order valence-corrected chi connectivity index (χ4v) is 10.5. The van der Waals surface area contributed by atoms with E-state index in [0.29, 0.717) is 10.8 Å². The van der Waals surface area contributed by atoms with Crippen molar-refractivity contribution in [2.45, 2.75) is 96.0 Å². The van der Waals surface area contributed by atoms with Crippen LogP contribution in [0.15, 0.2) is 0 Å². The molecule has 8 aliphatic carbocycles. The van der Waals surface area contributed by atoms with E-state index in [1.165, 1.54) is 77.0 Å². The van der Waals surface area contributed by atoms with Crippen LogP contribution < -0.4 is 0 Å². The zero-order valence-corrected chi connectivity index (χ0v) is 15.6. The molecule has 8 aliphatic rings. The summed E-state index contributed by atoms with van der Waals surface area (Å²) >= 11 is 0. The van der Waals surface area contributed by atoms with E-state index in [4.69, 9.17) is 0 Å². The second kappa shape index (κ2) is 4.62. The fraction of sp³-hybridized carbons (Fsp3) is 1.00. The maximum atomic E-state index is 12.6. The molecule has 0 aliphatic heterocycles. The summed E-state index contributed by atoms with van der Waals surface area (Å²) in [7, 11) is 0. The van der Waals surface area contributed by atoms with E-state index in [-0.39, 0.29) is 5.60 Å². The van der Waals surface area contributed by atoms with E-state index in [1.54, 1.807) is 0 Å². The highest BCUT2D eigenvalue weighted by Gasteiger charge is 2.68. The largest absolute Gasteiger partial charge is 0.389 e. The summed E-state index contributed by atoms with van der Waals surface area (Å²) < 4.78 is 0. The van der Waals surface area contributed by atoms with Crippen molar-refractivity contribution in [2.24, 2.45) is 46.3 Å². The van der Waals surface area contributed by atoms with E-state index in [0.717, 1.165) is 41.9 Å². The third-order valence-corrected chi connectivity index (χ3v) is 10.3. The van der Waals surface area contributed by atoms with Crippen molar-refractivity contribution in [1.82, 2.24) is 0 Å². The van der Waals surface area contributed by atoms with Crippen LogP contribution in [0.25, 0.3) is 0 Å². The molecule has 8 fully saturated rings. The third-order valence-electron chi connectivity index (χ3n) is 10.3. The van der Waals surface area contributed by atoms with Gasteiger partial charge in [-0.05, 0) is 119 Å². The molecule has 8 rings (SSSR count). The van der Waals surface area contributed by atoms with Gasteiger partial charge in [-0.15, -0.1) is 0 Å². The van der Waals surface area contributed by atoms with Crippen molar-refractivity contribution in [3.63, 3.8) is 0 Å². The molecule has 1 nitrogen and oxygen atoms in total. The zero-order chi connectivity index (χ0) is 16.2. The highest BCUT2D eigenvalue weighted by molar-refractivity contribution is 5.19. The maximum Gasteiger partial charge on any atom is 0.0757 e. The van der Waals surface area contributed by atoms with Gasteiger partial charge >= 0.3 is 0 Å². The lowest BCUT2D eigenvalue weighted by molar-refractivity contribution is -0.271. The molecule has 24 heavy (non-hydrogen) atoms. The van der Waals surface area contributed by atoms with E-state index in [2.05, 4.69) is 6.92 Å². The molecule has 8 bridgehead atoms. The maximum absolute atomic E-state index is 12.6. The predicted molar refractivity (Wildman–Crippen MR) is 96.5 cm³/mol. The summed E-state index contributed by atoms with van der Waals surface area (Å²) in [6.07, 6.45) is 18.3. The number of rotatable bonds is 3. The SMILES string of the molecule is CCC(O)(C12CC3CC(CC(C3)C1)C2)C12CC3CC(CC(C3)C1)C2. The number of hydrogen-bond donors (Lipinski definition) is 1. The van der Waals surface area contributed by atoms with Gasteiger partial charge in [0, 0.05) is 10.8 Å². The first-order chi connectivity index (χ1) is 11.5. The molecular weight excluding hydrogens is 292 g/mol. The number of aliphatic hydroxyl groups is 1. The summed E-state index contributed by atoms with van der Waals surface area (Å²) in [6, 6.07) is 0. The molecule has 0 atom stereocenters. The normalized spacial score (nSPS) is 59.8. The fourth-order valence-electron chi connectivity index (χ4n) is 10.5. The molecule has 0 radical (unpaired) electrons. The Morgan fingerprint density at radius 3 is 1.08 bits per heavy atom. The van der Waals surface area contributed by atoms with Crippen LogP contribution in [0.1, 0.15) is 90.4 Å². The van der Waals surface area contributed by atoms with Gasteiger partial charge in [0.2, 0.25) is 0 Å². The van der Waals surface area contributed by atoms with Crippen LogP contribution in [0.2, 0.25) is 0 Å². The molecule has 1 heteroatoms. The molecule has 0 aromatic heterocycles. The highest BCUT2D eigenvalue weighted by atomic mass is 16.3. The Kier molecular flexibility index (Phi) is 2.90. The van der Waals surface area contributed by atoms with Crippen LogP contribution in [-0.2, 0) is 0 Å². The lowest BCUT2D eigenvalue weighted by Gasteiger charge is -2.70. The third kappa shape index (κ3) is 1.72. The second-order valence-electron chi connectivity index (χ2n) is 11.6. The van der Waals surface area contributed by atoms with Crippen LogP contribution in [0.3, 0.4) is 0 Å². The van der Waals surface area contributed by atoms with Gasteiger partial charge in [0.1, 0.15) is 0 Å². The summed E-state index contributed by atoms with van der Waals surface area (Å²) in [5.74, 6) is 5.77. The van der Waals surface area contributed by atoms with Crippen LogP contribution in [0, 0.1) is 46.3 Å². The molecule has 1 N–H and O–H groups in total. The molecule has 0 unspecified atom stereocenters. The van der Waals surface area contributed by atoms with Gasteiger partial charge < -0.3 is 5.11 Å². The van der Waals surface area contributed by atoms with Crippen LogP contribution in [0.4, 0.5) is 0 Å². The monoisotopic (exact) mass is 328 g/mol. The van der Waals surface area contributed by atoms with E-state index in [9.17, 15) is 5.11 Å². The Bertz CT molecular complexity index is 432. The molecule has 0 saturated heterocycles. The van der Waals surface area contributed by atoms with Gasteiger partial charge in [-0.25, -0.2) is 0 Å². The molecule has 8 saturated carbocycles. The van der Waals surface area contributed by atoms with E-state index >= 15 is 0 Å². The number of hydrogen-bond acceptors (Lipinski definition) is 1. The molecule has 0 aromatic carbocycles. The van der Waals surface area contributed by atoms with Crippen molar-refractivity contribution in [3.8, 4) is 0 Å². The summed E-state index contributed by atoms with van der Waals surface area (Å²) in [5.41, 5.74) is 0.274.